The van der Waals surface area contributed by atoms with Gasteiger partial charge in [-0.3, -0.25) is 24.4 Å². The van der Waals surface area contributed by atoms with Gasteiger partial charge in [0, 0.05) is 103 Å². The zero-order chi connectivity index (χ0) is 52.5. The minimum atomic E-state index is -0.888. The predicted octanol–water partition coefficient (Wildman–Crippen LogP) is 9.81. The second-order valence-corrected chi connectivity index (χ2v) is 23.8. The molecule has 5 aromatic rings. The van der Waals surface area contributed by atoms with Crippen molar-refractivity contribution in [2.75, 3.05) is 47.4 Å². The summed E-state index contributed by atoms with van der Waals surface area (Å²) >= 11 is 13.3. The van der Waals surface area contributed by atoms with Crippen molar-refractivity contribution in [2.24, 2.45) is 23.8 Å². The van der Waals surface area contributed by atoms with Gasteiger partial charge in [-0.25, -0.2) is 13.8 Å². The number of nitrogens with one attached hydrogen (secondary N) is 2. The summed E-state index contributed by atoms with van der Waals surface area (Å²) < 4.78 is 44.9. The zero-order valence-corrected chi connectivity index (χ0v) is 46.1. The molecule has 5 aliphatic heterocycles. The Hall–Kier alpha value is -4.28. The van der Waals surface area contributed by atoms with Gasteiger partial charge in [-0.1, -0.05) is 54.4 Å². The summed E-state index contributed by atoms with van der Waals surface area (Å²) in [6.45, 7) is 11.5. The Morgan fingerprint density at radius 3 is 2.28 bits per heavy atom. The van der Waals surface area contributed by atoms with E-state index < -0.39 is 22.5 Å². The van der Waals surface area contributed by atoms with Gasteiger partial charge in [0.2, 0.25) is 0 Å². The van der Waals surface area contributed by atoms with E-state index in [9.17, 15) is 4.39 Å². The van der Waals surface area contributed by atoms with Crippen LogP contribution in [0.5, 0.6) is 11.5 Å². The first-order valence-corrected chi connectivity index (χ1v) is 28.1. The average Bonchev–Trinajstić information content (AvgIpc) is 4.31. The Balaban J connectivity index is 1.01. The zero-order valence-electron chi connectivity index (χ0n) is 44.5. The standard InChI is InChI=1S/C60H74Cl2F2N8O3/c1-8-59-53-28-42(25-39-13-22-47(63)48(64)27-39)56(59)68(4)36(2)31-65-52-30-45(26-38-11-17-43(61)18-12-38)69(5)57-49(35-74-7)67-55(60(52,57)58(59)73)37(3)72(53)33-41-14-19-44(62)29-51(41)75-46-20-15-40(16-21-46)50-32-66-54(70(50)6)34-71-23-9-10-24-71/h11-22,27,29,32,36-37,42,45,49,52-53,55-57,65,67H,8-10,23-26,28,30-31,33-35H2,1-7H3/t36-,37-,42+,45-,49+,52?,53?,55?,56?,57?,59?,60?/m0/s1. The van der Waals surface area contributed by atoms with E-state index >= 15 is 9.18 Å². The number of Topliss-reactive ketones (excluding diaryl/α,β-unsaturated/α-hetero) is 1. The largest absolute Gasteiger partial charge is 0.457 e. The molecule has 6 fully saturated rings. The second-order valence-electron chi connectivity index (χ2n) is 23.0. The van der Waals surface area contributed by atoms with E-state index in [2.05, 4.69) is 107 Å². The lowest BCUT2D eigenvalue weighted by Gasteiger charge is -2.57. The first-order chi connectivity index (χ1) is 36.2. The molecule has 2 N–H and O–H groups in total. The molecule has 4 aromatic carbocycles. The molecule has 1 aromatic heterocycles. The van der Waals surface area contributed by atoms with Gasteiger partial charge in [0.25, 0.3) is 0 Å². The number of imidazole rings is 1. The molecule has 2 bridgehead atoms. The van der Waals surface area contributed by atoms with E-state index in [1.165, 1.54) is 30.5 Å². The fourth-order valence-corrected chi connectivity index (χ4v) is 15.9. The maximum Gasteiger partial charge on any atom is 0.159 e. The first kappa shape index (κ1) is 52.8. The summed E-state index contributed by atoms with van der Waals surface area (Å²) in [5.74, 6) is 0.913. The van der Waals surface area contributed by atoms with Crippen LogP contribution in [-0.4, -0.2) is 137 Å². The van der Waals surface area contributed by atoms with Crippen LogP contribution in [0.4, 0.5) is 8.78 Å². The number of piperidine rings is 1. The van der Waals surface area contributed by atoms with Crippen LogP contribution in [0.15, 0.2) is 91.1 Å². The fourth-order valence-electron chi connectivity index (χ4n) is 15.6. The van der Waals surface area contributed by atoms with Gasteiger partial charge in [0.15, 0.2) is 17.4 Å². The molecule has 12 atom stereocenters. The van der Waals surface area contributed by atoms with Crippen LogP contribution >= 0.6 is 23.2 Å². The van der Waals surface area contributed by atoms with E-state index in [1.807, 2.05) is 42.6 Å². The highest BCUT2D eigenvalue weighted by Gasteiger charge is 2.77. The van der Waals surface area contributed by atoms with Crippen LogP contribution in [0.2, 0.25) is 10.0 Å². The number of nitrogens with zero attached hydrogens (tertiary/aromatic N) is 6. The minimum Gasteiger partial charge on any atom is -0.457 e. The smallest absolute Gasteiger partial charge is 0.159 e. The normalized spacial score (nSPS) is 32.3. The van der Waals surface area contributed by atoms with Crippen LogP contribution in [0.25, 0.3) is 11.3 Å². The molecule has 7 unspecified atom stereocenters. The molecule has 75 heavy (non-hydrogen) atoms. The Bertz CT molecular complexity index is 2870. The van der Waals surface area contributed by atoms with Gasteiger partial charge in [0.1, 0.15) is 17.3 Å². The van der Waals surface area contributed by atoms with Gasteiger partial charge in [-0.15, -0.1) is 0 Å². The molecule has 11 nitrogen and oxygen atoms in total. The third kappa shape index (κ3) is 9.17. The highest BCUT2D eigenvalue weighted by atomic mass is 35.5. The quantitative estimate of drug-likeness (QED) is 0.112. The molecule has 1 saturated carbocycles. The molecule has 0 amide bonds. The predicted molar refractivity (Wildman–Crippen MR) is 292 cm³/mol. The molecule has 400 valence electrons. The number of hydrogen-bond acceptors (Lipinski definition) is 10. The lowest BCUT2D eigenvalue weighted by Crippen LogP contribution is -2.73. The van der Waals surface area contributed by atoms with Crippen LogP contribution in [-0.2, 0) is 42.5 Å². The topological polar surface area (TPSA) is 90.4 Å². The average molecular weight is 1060 g/mol. The van der Waals surface area contributed by atoms with Gasteiger partial charge in [0.05, 0.1) is 35.9 Å². The van der Waals surface area contributed by atoms with Crippen LogP contribution < -0.4 is 15.4 Å². The van der Waals surface area contributed by atoms with Gasteiger partial charge in [-0.05, 0) is 164 Å². The van der Waals surface area contributed by atoms with Gasteiger partial charge < -0.3 is 24.7 Å². The van der Waals surface area contributed by atoms with Crippen LogP contribution in [0.1, 0.15) is 75.4 Å². The van der Waals surface area contributed by atoms with Crippen molar-refractivity contribution in [3.8, 4) is 22.8 Å². The Morgan fingerprint density at radius 2 is 1.56 bits per heavy atom. The first-order valence-electron chi connectivity index (χ1n) is 27.4. The number of halogens is 4. The summed E-state index contributed by atoms with van der Waals surface area (Å²) in [7, 11) is 8.27. The molecule has 0 radical (unpaired) electrons. The number of carbonyl (C=O) groups excluding carboxylic acids is 1. The number of likely N-dealkylation sites (N-methyl/N-ethyl adjacent to an activating group) is 2. The monoisotopic (exact) mass is 1060 g/mol. The molecule has 5 saturated heterocycles. The van der Waals surface area contributed by atoms with E-state index in [0.717, 1.165) is 60.7 Å². The van der Waals surface area contributed by atoms with Gasteiger partial charge in [-0.2, -0.15) is 0 Å². The number of hydrogen-bond donors (Lipinski definition) is 2. The number of rotatable bonds is 14. The highest BCUT2D eigenvalue weighted by molar-refractivity contribution is 6.31. The lowest BCUT2D eigenvalue weighted by molar-refractivity contribution is -0.154. The summed E-state index contributed by atoms with van der Waals surface area (Å²) in [6, 6.07) is 25.4. The maximum atomic E-state index is 17.5. The van der Waals surface area contributed by atoms with Crippen molar-refractivity contribution in [1.82, 2.24) is 39.8 Å². The molecule has 11 rings (SSSR count). The summed E-state index contributed by atoms with van der Waals surface area (Å²) in [5.41, 5.74) is 3.22. The second kappa shape index (κ2) is 21.2. The molecule has 6 heterocycles. The Morgan fingerprint density at radius 1 is 0.827 bits per heavy atom. The van der Waals surface area contributed by atoms with E-state index in [1.54, 1.807) is 13.2 Å². The number of likely N-dealkylation sites (tertiary alicyclic amines) is 3. The highest BCUT2D eigenvalue weighted by Crippen LogP contribution is 2.63. The van der Waals surface area contributed by atoms with E-state index in [4.69, 9.17) is 37.7 Å². The fraction of sp³-hybridized carbons (Fsp3) is 0.533. The Kier molecular flexibility index (Phi) is 14.9. The van der Waals surface area contributed by atoms with Crippen LogP contribution in [0.3, 0.4) is 0 Å². The lowest BCUT2D eigenvalue weighted by atomic mass is 9.54. The van der Waals surface area contributed by atoms with Crippen molar-refractivity contribution in [1.29, 1.82) is 0 Å². The van der Waals surface area contributed by atoms with Gasteiger partial charge >= 0.3 is 0 Å². The molecular weight excluding hydrogens is 990 g/mol. The molecule has 6 aliphatic rings. The number of carbonyl (C=O) groups is 1. The number of ketones is 1. The van der Waals surface area contributed by atoms with Crippen molar-refractivity contribution in [2.45, 2.75) is 133 Å². The summed E-state index contributed by atoms with van der Waals surface area (Å²) in [4.78, 5) is 32.4. The van der Waals surface area contributed by atoms with E-state index in [0.29, 0.717) is 66.3 Å². The number of methoxy groups -OCH3 is 1. The number of aromatic nitrogens is 2. The Labute approximate surface area is 452 Å². The molecule has 1 aliphatic carbocycles. The SMILES string of the molecule is CCC12C(=O)C34C5C[C@H](Cc6ccc(Cl)cc6)N(C)C3[C@@H](COC)NC4[C@H](C)N(Cc3ccc(Cl)cc3Oc3ccc(-c4cnc(CN6CCCC6)n4C)cc3)C1C[C@@H](Cc1ccc(F)c(F)c1)C2N(C)[C@@H](C)CN5. The van der Waals surface area contributed by atoms with Crippen molar-refractivity contribution in [3.63, 3.8) is 0 Å². The van der Waals surface area contributed by atoms with Crippen molar-refractivity contribution < 1.29 is 23.0 Å². The minimum absolute atomic E-state index is 0.0494. The number of benzene rings is 4. The summed E-state index contributed by atoms with van der Waals surface area (Å²) in [6.07, 6.45) is 7.80. The van der Waals surface area contributed by atoms with Crippen LogP contribution in [0, 0.1) is 28.4 Å². The number of ether oxygens (including phenoxy) is 2. The summed E-state index contributed by atoms with van der Waals surface area (Å²) in [5, 5.41) is 9.62. The van der Waals surface area contributed by atoms with Crippen molar-refractivity contribution >= 4 is 29.0 Å². The molecule has 1 spiro atoms. The van der Waals surface area contributed by atoms with E-state index in [-0.39, 0.29) is 60.3 Å². The van der Waals surface area contributed by atoms with Crippen molar-refractivity contribution in [3.05, 3.63) is 135 Å². The third-order valence-corrected chi connectivity index (χ3v) is 19.7. The molecule has 15 heteroatoms. The third-order valence-electron chi connectivity index (χ3n) is 19.2. The molecular formula is C60H74Cl2F2N8O3. The maximum absolute atomic E-state index is 17.5.